The van der Waals surface area contributed by atoms with Crippen LogP contribution in [-0.4, -0.2) is 24.3 Å². The van der Waals surface area contributed by atoms with E-state index in [1.807, 2.05) is 18.2 Å². The van der Waals surface area contributed by atoms with Gasteiger partial charge in [0.2, 0.25) is 0 Å². The molecule has 0 aromatic heterocycles. The molecule has 0 bridgehead atoms. The van der Waals surface area contributed by atoms with Crippen LogP contribution in [0.25, 0.3) is 16.8 Å². The van der Waals surface area contributed by atoms with Gasteiger partial charge in [-0.1, -0.05) is 86.7 Å². The lowest BCUT2D eigenvalue weighted by Crippen LogP contribution is -2.18. The first-order chi connectivity index (χ1) is 15.5. The van der Waals surface area contributed by atoms with Crippen LogP contribution < -0.4 is 10.2 Å². The van der Waals surface area contributed by atoms with Gasteiger partial charge in [0.05, 0.1) is 12.1 Å². The molecule has 3 rings (SSSR count). The monoisotopic (exact) mass is 431 g/mol. The van der Waals surface area contributed by atoms with Crippen LogP contribution >= 0.6 is 0 Å². The molecular weight excluding hydrogens is 402 g/mol. The lowest BCUT2D eigenvalue weighted by Gasteiger charge is -2.14. The second kappa shape index (κ2) is 11.7. The van der Waals surface area contributed by atoms with E-state index >= 15 is 0 Å². The van der Waals surface area contributed by atoms with E-state index in [2.05, 4.69) is 61.8 Å². The van der Waals surface area contributed by atoms with E-state index in [4.69, 9.17) is 14.7 Å². The number of carbonyl (C=O) groups is 1. The van der Waals surface area contributed by atoms with Crippen molar-refractivity contribution in [1.29, 1.82) is 0 Å². The highest BCUT2D eigenvalue weighted by Crippen LogP contribution is 2.22. The fourth-order valence-electron chi connectivity index (χ4n) is 3.25. The Morgan fingerprint density at radius 3 is 2.34 bits per heavy atom. The number of allylic oxidation sites excluding steroid dienone is 1. The van der Waals surface area contributed by atoms with E-state index in [9.17, 15) is 4.79 Å². The van der Waals surface area contributed by atoms with Crippen molar-refractivity contribution in [2.75, 3.05) is 13.2 Å². The van der Waals surface area contributed by atoms with Crippen molar-refractivity contribution >= 4 is 11.7 Å². The van der Waals surface area contributed by atoms with Crippen molar-refractivity contribution < 1.29 is 19.5 Å². The Hall–Kier alpha value is -3.57. The zero-order valence-corrected chi connectivity index (χ0v) is 18.5. The summed E-state index contributed by atoms with van der Waals surface area (Å²) in [5.74, 6) is 0.112. The molecule has 0 radical (unpaired) electrons. The zero-order chi connectivity index (χ0) is 22.8. The molecule has 0 spiro atoms. The average molecular weight is 432 g/mol. The number of hydroxylamine groups is 1. The normalized spacial score (nSPS) is 11.4. The molecule has 0 aliphatic carbocycles. The van der Waals surface area contributed by atoms with Gasteiger partial charge in [0.1, 0.15) is 19.0 Å². The Labute approximate surface area is 189 Å². The Morgan fingerprint density at radius 2 is 1.66 bits per heavy atom. The molecule has 5 nitrogen and oxygen atoms in total. The molecule has 0 saturated carbocycles. The minimum atomic E-state index is -0.865. The molecule has 5 heteroatoms. The Morgan fingerprint density at radius 1 is 0.938 bits per heavy atom. The standard InChI is InChI=1S/C27H29NO4/c1-20(2)17-26(24-13-11-23(12-14-24)22-8-4-3-5-9-22)28-32-16-15-31-25-10-6-7-21(18-25)19-27(29)30/h3-14,17-18,20,28H,15-16,19H2,1-2H3,(H,29,30). The van der Waals surface area contributed by atoms with Gasteiger partial charge in [-0.2, -0.15) is 0 Å². The number of benzene rings is 3. The summed E-state index contributed by atoms with van der Waals surface area (Å²) < 4.78 is 5.68. The van der Waals surface area contributed by atoms with Gasteiger partial charge < -0.3 is 9.84 Å². The van der Waals surface area contributed by atoms with Crippen LogP contribution in [-0.2, 0) is 16.1 Å². The zero-order valence-electron chi connectivity index (χ0n) is 18.5. The van der Waals surface area contributed by atoms with Gasteiger partial charge in [-0.3, -0.25) is 15.1 Å². The van der Waals surface area contributed by atoms with Crippen LogP contribution in [0.4, 0.5) is 0 Å². The molecule has 0 unspecified atom stereocenters. The van der Waals surface area contributed by atoms with Crippen LogP contribution in [0.5, 0.6) is 5.75 Å². The Balaban J connectivity index is 1.54. The summed E-state index contributed by atoms with van der Waals surface area (Å²) in [5.41, 5.74) is 8.05. The highest BCUT2D eigenvalue weighted by molar-refractivity contribution is 5.70. The van der Waals surface area contributed by atoms with Crippen LogP contribution in [0.3, 0.4) is 0 Å². The highest BCUT2D eigenvalue weighted by atomic mass is 16.7. The maximum absolute atomic E-state index is 10.9. The molecule has 0 saturated heterocycles. The van der Waals surface area contributed by atoms with Crippen molar-refractivity contribution in [1.82, 2.24) is 5.48 Å². The maximum Gasteiger partial charge on any atom is 0.307 e. The summed E-state index contributed by atoms with van der Waals surface area (Å²) in [7, 11) is 0. The predicted molar refractivity (Wildman–Crippen MR) is 127 cm³/mol. The number of nitrogens with one attached hydrogen (secondary N) is 1. The number of carboxylic acid groups (broad SMARTS) is 1. The molecule has 0 fully saturated rings. The van der Waals surface area contributed by atoms with Crippen molar-refractivity contribution in [3.05, 3.63) is 96.1 Å². The number of hydrogen-bond donors (Lipinski definition) is 2. The Bertz CT molecular complexity index is 1030. The quantitative estimate of drug-likeness (QED) is 0.307. The second-order valence-electron chi connectivity index (χ2n) is 7.78. The molecule has 32 heavy (non-hydrogen) atoms. The SMILES string of the molecule is CC(C)C=C(NOCCOc1cccc(CC(=O)O)c1)c1ccc(-c2ccccc2)cc1. The summed E-state index contributed by atoms with van der Waals surface area (Å²) in [4.78, 5) is 16.5. The Kier molecular flexibility index (Phi) is 8.46. The smallest absolute Gasteiger partial charge is 0.307 e. The van der Waals surface area contributed by atoms with E-state index in [-0.39, 0.29) is 6.42 Å². The summed E-state index contributed by atoms with van der Waals surface area (Å²) in [5, 5.41) is 8.91. The summed E-state index contributed by atoms with van der Waals surface area (Å²) in [6.07, 6.45) is 2.09. The summed E-state index contributed by atoms with van der Waals surface area (Å²) >= 11 is 0. The van der Waals surface area contributed by atoms with E-state index in [1.54, 1.807) is 24.3 Å². The van der Waals surface area contributed by atoms with E-state index in [1.165, 1.54) is 5.56 Å². The third-order valence-electron chi connectivity index (χ3n) is 4.69. The van der Waals surface area contributed by atoms with Crippen molar-refractivity contribution in [2.24, 2.45) is 5.92 Å². The maximum atomic E-state index is 10.9. The molecule has 3 aromatic carbocycles. The van der Waals surface area contributed by atoms with Gasteiger partial charge in [-0.05, 0) is 40.3 Å². The largest absolute Gasteiger partial charge is 0.491 e. The van der Waals surface area contributed by atoms with Gasteiger partial charge in [-0.15, -0.1) is 0 Å². The predicted octanol–water partition coefficient (Wildman–Crippen LogP) is 5.58. The lowest BCUT2D eigenvalue weighted by molar-refractivity contribution is -0.136. The first kappa shape index (κ1) is 23.1. The number of aliphatic carboxylic acids is 1. The highest BCUT2D eigenvalue weighted by Gasteiger charge is 2.06. The molecular formula is C27H29NO4. The molecule has 3 aromatic rings. The fourth-order valence-corrected chi connectivity index (χ4v) is 3.25. The first-order valence-electron chi connectivity index (χ1n) is 10.7. The molecule has 0 atom stereocenters. The van der Waals surface area contributed by atoms with Gasteiger partial charge in [0, 0.05) is 0 Å². The van der Waals surface area contributed by atoms with Crippen molar-refractivity contribution in [3.8, 4) is 16.9 Å². The third kappa shape index (κ3) is 7.29. The fraction of sp³-hybridized carbons (Fsp3) is 0.222. The molecule has 0 aliphatic heterocycles. The van der Waals surface area contributed by atoms with Crippen LogP contribution in [0.1, 0.15) is 25.0 Å². The molecule has 0 heterocycles. The van der Waals surface area contributed by atoms with Crippen LogP contribution in [0, 0.1) is 5.92 Å². The van der Waals surface area contributed by atoms with Gasteiger partial charge >= 0.3 is 5.97 Å². The number of hydrogen-bond acceptors (Lipinski definition) is 4. The molecule has 0 aliphatic rings. The first-order valence-corrected chi connectivity index (χ1v) is 10.7. The topological polar surface area (TPSA) is 67.8 Å². The van der Waals surface area contributed by atoms with Crippen LogP contribution in [0.2, 0.25) is 0 Å². The second-order valence-corrected chi connectivity index (χ2v) is 7.78. The van der Waals surface area contributed by atoms with E-state index in [0.717, 1.165) is 16.8 Å². The number of ether oxygens (including phenoxy) is 1. The van der Waals surface area contributed by atoms with E-state index in [0.29, 0.717) is 30.4 Å². The molecule has 2 N–H and O–H groups in total. The summed E-state index contributed by atoms with van der Waals surface area (Å²) in [6.45, 7) is 4.91. The molecule has 166 valence electrons. The minimum Gasteiger partial charge on any atom is -0.491 e. The van der Waals surface area contributed by atoms with Crippen molar-refractivity contribution in [2.45, 2.75) is 20.3 Å². The lowest BCUT2D eigenvalue weighted by atomic mass is 10.0. The van der Waals surface area contributed by atoms with Crippen LogP contribution in [0.15, 0.2) is 84.9 Å². The summed E-state index contributed by atoms with van der Waals surface area (Å²) in [6, 6.07) is 25.7. The van der Waals surface area contributed by atoms with Gasteiger partial charge in [0.25, 0.3) is 0 Å². The third-order valence-corrected chi connectivity index (χ3v) is 4.69. The molecule has 0 amide bonds. The van der Waals surface area contributed by atoms with Gasteiger partial charge in [-0.25, -0.2) is 0 Å². The number of rotatable bonds is 11. The average Bonchev–Trinajstić information content (AvgIpc) is 2.78. The van der Waals surface area contributed by atoms with Crippen molar-refractivity contribution in [3.63, 3.8) is 0 Å². The number of carboxylic acids is 1. The van der Waals surface area contributed by atoms with Gasteiger partial charge in [0.15, 0.2) is 0 Å². The minimum absolute atomic E-state index is 0.0261. The van der Waals surface area contributed by atoms with E-state index < -0.39 is 5.97 Å².